The number of alkyl halides is 3. The Morgan fingerprint density at radius 2 is 1.00 bits per heavy atom. The van der Waals surface area contributed by atoms with Crippen molar-refractivity contribution in [2.75, 3.05) is 6.61 Å². The van der Waals surface area contributed by atoms with Gasteiger partial charge >= 0.3 is 18.1 Å². The molecule has 0 radical (unpaired) electrons. The van der Waals surface area contributed by atoms with Crippen LogP contribution in [0.25, 0.3) is 11.1 Å². The molecule has 5 nitrogen and oxygen atoms in total. The molecule has 3 aromatic carbocycles. The van der Waals surface area contributed by atoms with E-state index in [2.05, 4.69) is 6.92 Å². The number of halogens is 3. The highest BCUT2D eigenvalue weighted by Crippen LogP contribution is 2.29. The highest BCUT2D eigenvalue weighted by molar-refractivity contribution is 5.92. The topological polar surface area (TPSA) is 61.8 Å². The minimum absolute atomic E-state index is 0.0582. The first kappa shape index (κ1) is 38.6. The van der Waals surface area contributed by atoms with Crippen LogP contribution in [0.4, 0.5) is 13.2 Å². The van der Waals surface area contributed by atoms with Crippen molar-refractivity contribution in [3.05, 3.63) is 83.9 Å². The Balaban J connectivity index is 1.41. The summed E-state index contributed by atoms with van der Waals surface area (Å²) in [7, 11) is 0. The van der Waals surface area contributed by atoms with Gasteiger partial charge in [0, 0.05) is 0 Å². The third-order valence-electron chi connectivity index (χ3n) is 8.31. The van der Waals surface area contributed by atoms with Gasteiger partial charge < -0.3 is 14.2 Å². The summed E-state index contributed by atoms with van der Waals surface area (Å²) < 4.78 is 56.3. The molecule has 3 aromatic rings. The first-order valence-electron chi connectivity index (χ1n) is 17.6. The Bertz CT molecular complexity index is 1340. The number of hydrogen-bond donors (Lipinski definition) is 0. The molecule has 3 rings (SSSR count). The number of carbonyl (C=O) groups is 2. The number of hydrogen-bond acceptors (Lipinski definition) is 5. The molecule has 0 aliphatic carbocycles. The van der Waals surface area contributed by atoms with E-state index in [1.807, 2.05) is 43.3 Å². The van der Waals surface area contributed by atoms with Crippen molar-refractivity contribution >= 4 is 11.9 Å². The van der Waals surface area contributed by atoms with Crippen molar-refractivity contribution in [2.45, 2.75) is 122 Å². The average molecular weight is 669 g/mol. The molecule has 0 amide bonds. The van der Waals surface area contributed by atoms with E-state index in [1.54, 1.807) is 12.1 Å². The van der Waals surface area contributed by atoms with Crippen molar-refractivity contribution in [1.82, 2.24) is 0 Å². The lowest BCUT2D eigenvalue weighted by Gasteiger charge is -2.20. The van der Waals surface area contributed by atoms with Gasteiger partial charge in [0.05, 0.1) is 17.7 Å². The van der Waals surface area contributed by atoms with Crippen molar-refractivity contribution in [2.24, 2.45) is 0 Å². The molecule has 0 fully saturated rings. The molecule has 262 valence electrons. The predicted octanol–water partition coefficient (Wildman–Crippen LogP) is 11.9. The summed E-state index contributed by atoms with van der Waals surface area (Å²) in [6.07, 6.45) is 8.47. The SMILES string of the molecule is CCCCCCCCCCCCOc1ccc(-c2ccc(C(=O)Oc3ccc(C(=O)O[C@H](CCCCCC)C(F)(F)F)cc3)cc2)cc1. The molecule has 8 heteroatoms. The lowest BCUT2D eigenvalue weighted by atomic mass is 10.0. The summed E-state index contributed by atoms with van der Waals surface area (Å²) in [6.45, 7) is 4.92. The lowest BCUT2D eigenvalue weighted by molar-refractivity contribution is -0.206. The maximum absolute atomic E-state index is 13.4. The lowest BCUT2D eigenvalue weighted by Crippen LogP contribution is -2.33. The van der Waals surface area contributed by atoms with Crippen molar-refractivity contribution in [1.29, 1.82) is 0 Å². The van der Waals surface area contributed by atoms with Crippen molar-refractivity contribution in [3.8, 4) is 22.6 Å². The summed E-state index contributed by atoms with van der Waals surface area (Å²) in [6, 6.07) is 20.1. The highest BCUT2D eigenvalue weighted by Gasteiger charge is 2.42. The van der Waals surface area contributed by atoms with Gasteiger partial charge in [-0.15, -0.1) is 0 Å². The summed E-state index contributed by atoms with van der Waals surface area (Å²) >= 11 is 0. The second kappa shape index (κ2) is 21.2. The van der Waals surface area contributed by atoms with E-state index < -0.39 is 24.2 Å². The van der Waals surface area contributed by atoms with Gasteiger partial charge in [-0.1, -0.05) is 115 Å². The van der Waals surface area contributed by atoms with Crippen molar-refractivity contribution in [3.63, 3.8) is 0 Å². The fourth-order valence-corrected chi connectivity index (χ4v) is 5.39. The molecule has 0 bridgehead atoms. The van der Waals surface area contributed by atoms with Gasteiger partial charge in [-0.25, -0.2) is 9.59 Å². The molecule has 0 saturated carbocycles. The standard InChI is InChI=1S/C40H51F3O5/c1-3-5-7-9-10-11-12-13-14-16-30-46-35-26-22-32(23-27-35)31-18-20-33(21-19-31)38(44)47-36-28-24-34(25-29-36)39(45)48-37(40(41,42)43)17-15-8-6-4-2/h18-29,37H,3-17,30H2,1-2H3/t37-/m1/s1. The maximum Gasteiger partial charge on any atom is 0.425 e. The number of ether oxygens (including phenoxy) is 3. The Morgan fingerprint density at radius 3 is 1.54 bits per heavy atom. The molecule has 0 unspecified atom stereocenters. The minimum Gasteiger partial charge on any atom is -0.494 e. The zero-order valence-corrected chi connectivity index (χ0v) is 28.5. The normalized spacial score (nSPS) is 12.0. The Hall–Kier alpha value is -3.81. The molecule has 0 heterocycles. The molecular formula is C40H51F3O5. The molecule has 0 N–H and O–H groups in total. The molecular weight excluding hydrogens is 617 g/mol. The molecule has 0 aromatic heterocycles. The van der Waals surface area contributed by atoms with Gasteiger partial charge in [0.25, 0.3) is 0 Å². The van der Waals surface area contributed by atoms with Crippen molar-refractivity contribution < 1.29 is 37.0 Å². The van der Waals surface area contributed by atoms with Gasteiger partial charge in [-0.2, -0.15) is 13.2 Å². The second-order valence-electron chi connectivity index (χ2n) is 12.3. The number of benzene rings is 3. The fourth-order valence-electron chi connectivity index (χ4n) is 5.39. The summed E-state index contributed by atoms with van der Waals surface area (Å²) in [5.41, 5.74) is 2.18. The third kappa shape index (κ3) is 14.1. The van der Waals surface area contributed by atoms with Crippen LogP contribution in [0, 0.1) is 0 Å². The summed E-state index contributed by atoms with van der Waals surface area (Å²) in [4.78, 5) is 25.1. The maximum atomic E-state index is 13.4. The number of carbonyl (C=O) groups excluding carboxylic acids is 2. The van der Waals surface area contributed by atoms with Gasteiger partial charge in [0.1, 0.15) is 11.5 Å². The Kier molecular flexibility index (Phi) is 17.1. The highest BCUT2D eigenvalue weighted by atomic mass is 19.4. The van der Waals surface area contributed by atoms with E-state index in [0.29, 0.717) is 25.0 Å². The molecule has 0 saturated heterocycles. The van der Waals surface area contributed by atoms with Crippen LogP contribution in [0.5, 0.6) is 11.5 Å². The van der Waals surface area contributed by atoms with Crippen LogP contribution in [0.3, 0.4) is 0 Å². The number of esters is 2. The number of unbranched alkanes of at least 4 members (excludes halogenated alkanes) is 12. The smallest absolute Gasteiger partial charge is 0.425 e. The van der Waals surface area contributed by atoms with Crippen LogP contribution in [-0.2, 0) is 4.74 Å². The van der Waals surface area contributed by atoms with Crippen LogP contribution in [0.1, 0.15) is 131 Å². The zero-order chi connectivity index (χ0) is 34.6. The third-order valence-corrected chi connectivity index (χ3v) is 8.31. The van der Waals surface area contributed by atoms with Gasteiger partial charge in [0.15, 0.2) is 6.10 Å². The van der Waals surface area contributed by atoms with Crippen LogP contribution in [0.2, 0.25) is 0 Å². The van der Waals surface area contributed by atoms with E-state index in [0.717, 1.165) is 36.1 Å². The van der Waals surface area contributed by atoms with Crippen LogP contribution in [-0.4, -0.2) is 30.8 Å². The Morgan fingerprint density at radius 1 is 0.562 bits per heavy atom. The van der Waals surface area contributed by atoms with E-state index >= 15 is 0 Å². The quantitative estimate of drug-likeness (QED) is 0.0606. The first-order valence-corrected chi connectivity index (χ1v) is 17.6. The monoisotopic (exact) mass is 668 g/mol. The van der Waals surface area contributed by atoms with Crippen LogP contribution in [0.15, 0.2) is 72.8 Å². The Labute approximate surface area is 284 Å². The zero-order valence-electron chi connectivity index (χ0n) is 28.5. The average Bonchev–Trinajstić information content (AvgIpc) is 3.08. The minimum atomic E-state index is -4.64. The molecule has 0 aliphatic heterocycles. The van der Waals surface area contributed by atoms with Crippen LogP contribution < -0.4 is 9.47 Å². The molecule has 48 heavy (non-hydrogen) atoms. The van der Waals surface area contributed by atoms with Gasteiger partial charge in [-0.3, -0.25) is 0 Å². The summed E-state index contributed by atoms with van der Waals surface area (Å²) in [5, 5.41) is 0. The van der Waals surface area contributed by atoms with E-state index in [-0.39, 0.29) is 17.7 Å². The molecule has 1 atom stereocenters. The van der Waals surface area contributed by atoms with Gasteiger partial charge in [0.2, 0.25) is 0 Å². The first-order chi connectivity index (χ1) is 23.2. The van der Waals surface area contributed by atoms with E-state index in [9.17, 15) is 22.8 Å². The summed E-state index contributed by atoms with van der Waals surface area (Å²) in [5.74, 6) is -0.690. The predicted molar refractivity (Wildman–Crippen MR) is 185 cm³/mol. The van der Waals surface area contributed by atoms with E-state index in [4.69, 9.17) is 14.2 Å². The number of rotatable bonds is 22. The van der Waals surface area contributed by atoms with Crippen LogP contribution >= 0.6 is 0 Å². The largest absolute Gasteiger partial charge is 0.494 e. The van der Waals surface area contributed by atoms with E-state index in [1.165, 1.54) is 82.1 Å². The van der Waals surface area contributed by atoms with Gasteiger partial charge in [-0.05, 0) is 78.9 Å². The second-order valence-corrected chi connectivity index (χ2v) is 12.3. The fraction of sp³-hybridized carbons (Fsp3) is 0.500. The molecule has 0 aliphatic rings. The molecule has 0 spiro atoms.